The summed E-state index contributed by atoms with van der Waals surface area (Å²) in [6, 6.07) is 13.4. The van der Waals surface area contributed by atoms with Crippen LogP contribution in [0.4, 0.5) is 9.18 Å². The summed E-state index contributed by atoms with van der Waals surface area (Å²) in [4.78, 5) is 25.6. The van der Waals surface area contributed by atoms with Crippen molar-refractivity contribution in [3.63, 3.8) is 0 Å². The highest BCUT2D eigenvalue weighted by Gasteiger charge is 2.32. The Balaban J connectivity index is 1.83. The fourth-order valence-electron chi connectivity index (χ4n) is 3.62. The van der Waals surface area contributed by atoms with Crippen LogP contribution >= 0.6 is 0 Å². The van der Waals surface area contributed by atoms with E-state index in [4.69, 9.17) is 19.6 Å². The van der Waals surface area contributed by atoms with Crippen LogP contribution < -0.4 is 10.1 Å². The van der Waals surface area contributed by atoms with Gasteiger partial charge in [0.1, 0.15) is 17.2 Å². The predicted octanol–water partition coefficient (Wildman–Crippen LogP) is 4.54. The van der Waals surface area contributed by atoms with Gasteiger partial charge in [-0.05, 0) is 57.5 Å². The Morgan fingerprint density at radius 3 is 2.56 bits per heavy atom. The fraction of sp³-hybridized carbons (Fsp3) is 0.370. The smallest absolute Gasteiger partial charge is 0.410 e. The van der Waals surface area contributed by atoms with Gasteiger partial charge in [-0.15, -0.1) is 0 Å². The maximum atomic E-state index is 14.8. The van der Waals surface area contributed by atoms with Gasteiger partial charge in [-0.2, -0.15) is 0 Å². The number of halogens is 1. The van der Waals surface area contributed by atoms with Crippen molar-refractivity contribution >= 4 is 23.5 Å². The summed E-state index contributed by atoms with van der Waals surface area (Å²) in [5.41, 5.74) is 1.61. The first-order chi connectivity index (χ1) is 17.1. The summed E-state index contributed by atoms with van der Waals surface area (Å²) in [6.07, 6.45) is -0.526. The van der Waals surface area contributed by atoms with E-state index in [0.717, 1.165) is 5.56 Å². The largest absolute Gasteiger partial charge is 0.482 e. The molecule has 36 heavy (non-hydrogen) atoms. The van der Waals surface area contributed by atoms with Crippen LogP contribution in [0, 0.1) is 11.2 Å². The third-order valence-electron chi connectivity index (χ3n) is 5.19. The van der Waals surface area contributed by atoms with Gasteiger partial charge in [0.15, 0.2) is 6.61 Å². The molecule has 1 heterocycles. The summed E-state index contributed by atoms with van der Waals surface area (Å²) in [5.74, 6) is -0.406. The Morgan fingerprint density at radius 1 is 1.11 bits per heavy atom. The van der Waals surface area contributed by atoms with Crippen molar-refractivity contribution in [2.45, 2.75) is 39.8 Å². The Hall–Kier alpha value is -3.88. The lowest BCUT2D eigenvalue weighted by atomic mass is 10.0. The summed E-state index contributed by atoms with van der Waals surface area (Å²) in [7, 11) is 0. The maximum absolute atomic E-state index is 14.8. The second-order valence-corrected chi connectivity index (χ2v) is 9.24. The van der Waals surface area contributed by atoms with Crippen LogP contribution in [0.1, 0.15) is 38.8 Å². The van der Waals surface area contributed by atoms with E-state index in [1.54, 1.807) is 64.1 Å². The van der Waals surface area contributed by atoms with Crippen LogP contribution in [-0.2, 0) is 20.8 Å². The van der Waals surface area contributed by atoms with Gasteiger partial charge in [0.05, 0.1) is 31.1 Å². The highest BCUT2D eigenvalue weighted by molar-refractivity contribution is 6.09. The van der Waals surface area contributed by atoms with Crippen molar-refractivity contribution in [1.82, 2.24) is 10.2 Å². The first kappa shape index (κ1) is 26.7. The first-order valence-corrected chi connectivity index (χ1v) is 11.7. The van der Waals surface area contributed by atoms with Gasteiger partial charge < -0.3 is 24.9 Å². The monoisotopic (exact) mass is 497 g/mol. The standard InChI is InChI=1S/C27H32FN3O5/c1-5-34-24(32)17-35-19-10-8-9-18(13-19)14-30-25(20-11-6-7-12-22(20)28)21-15-31(16-23(21)29)26(33)36-27(2,3)4/h6-13,29-30H,5,14-17H2,1-4H3/b25-21-,29-23?. The van der Waals surface area contributed by atoms with Crippen molar-refractivity contribution in [2.24, 2.45) is 0 Å². The molecule has 1 aliphatic heterocycles. The topological polar surface area (TPSA) is 101 Å². The van der Waals surface area contributed by atoms with Gasteiger partial charge in [0.25, 0.3) is 0 Å². The molecule has 0 atom stereocenters. The summed E-state index contributed by atoms with van der Waals surface area (Å²) in [6.45, 7) is 7.62. The molecule has 192 valence electrons. The van der Waals surface area contributed by atoms with Crippen LogP contribution in [-0.4, -0.2) is 54.6 Å². The minimum Gasteiger partial charge on any atom is -0.482 e. The minimum absolute atomic E-state index is 0.0705. The number of likely N-dealkylation sites (tertiary alicyclic amines) is 1. The SMILES string of the molecule is CCOC(=O)COc1cccc(CN/C(=C2/CN(C(=O)OC(C)(C)C)CC2=N)c2ccccc2F)c1. The number of nitrogens with zero attached hydrogens (tertiary/aromatic N) is 1. The zero-order valence-corrected chi connectivity index (χ0v) is 21.0. The lowest BCUT2D eigenvalue weighted by Gasteiger charge is -2.23. The molecule has 0 radical (unpaired) electrons. The molecule has 1 aliphatic rings. The number of hydrogen-bond acceptors (Lipinski definition) is 7. The number of carbonyl (C=O) groups excluding carboxylic acids is 2. The molecule has 0 aromatic heterocycles. The molecule has 8 nitrogen and oxygen atoms in total. The number of carbonyl (C=O) groups is 2. The third-order valence-corrected chi connectivity index (χ3v) is 5.19. The maximum Gasteiger partial charge on any atom is 0.410 e. The van der Waals surface area contributed by atoms with Gasteiger partial charge in [-0.3, -0.25) is 4.90 Å². The number of esters is 1. The molecule has 1 fully saturated rings. The van der Waals surface area contributed by atoms with E-state index in [9.17, 15) is 14.0 Å². The third kappa shape index (κ3) is 7.31. The summed E-state index contributed by atoms with van der Waals surface area (Å²) in [5, 5.41) is 11.8. The molecule has 2 aromatic rings. The highest BCUT2D eigenvalue weighted by atomic mass is 19.1. The van der Waals surface area contributed by atoms with E-state index in [0.29, 0.717) is 29.1 Å². The van der Waals surface area contributed by atoms with Crippen LogP contribution in [0.2, 0.25) is 0 Å². The molecular weight excluding hydrogens is 465 g/mol. The van der Waals surface area contributed by atoms with Gasteiger partial charge in [0.2, 0.25) is 0 Å². The Kier molecular flexibility index (Phi) is 8.68. The Bertz CT molecular complexity index is 1160. The van der Waals surface area contributed by atoms with Crippen molar-refractivity contribution < 1.29 is 28.2 Å². The lowest BCUT2D eigenvalue weighted by Crippen LogP contribution is -2.35. The average molecular weight is 498 g/mol. The Morgan fingerprint density at radius 2 is 1.86 bits per heavy atom. The number of benzene rings is 2. The normalized spacial score (nSPS) is 14.9. The molecule has 0 saturated carbocycles. The van der Waals surface area contributed by atoms with Crippen molar-refractivity contribution in [1.29, 1.82) is 5.41 Å². The molecule has 0 aliphatic carbocycles. The molecule has 1 amide bonds. The van der Waals surface area contributed by atoms with Crippen molar-refractivity contribution in [2.75, 3.05) is 26.3 Å². The molecular formula is C27H32FN3O5. The number of rotatable bonds is 8. The summed E-state index contributed by atoms with van der Waals surface area (Å²) >= 11 is 0. The molecule has 0 bridgehead atoms. The molecule has 2 N–H and O–H groups in total. The van der Waals surface area contributed by atoms with Crippen molar-refractivity contribution in [3.05, 3.63) is 71.0 Å². The second-order valence-electron chi connectivity index (χ2n) is 9.24. The molecule has 9 heteroatoms. The van der Waals surface area contributed by atoms with Gasteiger partial charge in [-0.1, -0.05) is 24.3 Å². The molecule has 2 aromatic carbocycles. The Labute approximate surface area is 210 Å². The molecule has 0 unspecified atom stereocenters. The fourth-order valence-corrected chi connectivity index (χ4v) is 3.62. The van der Waals surface area contributed by atoms with E-state index in [1.807, 2.05) is 6.07 Å². The second kappa shape index (κ2) is 11.7. The first-order valence-electron chi connectivity index (χ1n) is 11.7. The molecule has 0 spiro atoms. The average Bonchev–Trinajstić information content (AvgIpc) is 3.20. The van der Waals surface area contributed by atoms with Crippen LogP contribution in [0.3, 0.4) is 0 Å². The lowest BCUT2D eigenvalue weighted by molar-refractivity contribution is -0.145. The number of ether oxygens (including phenoxy) is 3. The van der Waals surface area contributed by atoms with Gasteiger partial charge >= 0.3 is 12.1 Å². The van der Waals surface area contributed by atoms with Crippen molar-refractivity contribution in [3.8, 4) is 5.75 Å². The number of amides is 1. The van der Waals surface area contributed by atoms with E-state index in [1.165, 1.54) is 11.0 Å². The van der Waals surface area contributed by atoms with Crippen LogP contribution in [0.5, 0.6) is 5.75 Å². The number of hydrogen-bond donors (Lipinski definition) is 2. The van der Waals surface area contributed by atoms with E-state index >= 15 is 0 Å². The number of nitrogens with one attached hydrogen (secondary N) is 2. The van der Waals surface area contributed by atoms with Crippen LogP contribution in [0.15, 0.2) is 54.1 Å². The minimum atomic E-state index is -0.668. The van der Waals surface area contributed by atoms with E-state index in [-0.39, 0.29) is 32.0 Å². The zero-order valence-electron chi connectivity index (χ0n) is 21.0. The highest BCUT2D eigenvalue weighted by Crippen LogP contribution is 2.26. The molecule has 1 saturated heterocycles. The van der Waals surface area contributed by atoms with Gasteiger partial charge in [-0.25, -0.2) is 14.0 Å². The summed E-state index contributed by atoms with van der Waals surface area (Å²) < 4.78 is 30.6. The predicted molar refractivity (Wildman–Crippen MR) is 134 cm³/mol. The van der Waals surface area contributed by atoms with E-state index < -0.39 is 23.5 Å². The van der Waals surface area contributed by atoms with Crippen LogP contribution in [0.25, 0.3) is 5.70 Å². The quantitative estimate of drug-likeness (QED) is 0.520. The molecule has 3 rings (SSSR count). The van der Waals surface area contributed by atoms with E-state index in [2.05, 4.69) is 5.32 Å². The zero-order chi connectivity index (χ0) is 26.3. The van der Waals surface area contributed by atoms with Gasteiger partial charge in [0, 0.05) is 17.7 Å².